The molecule has 2 N–H and O–H groups in total. The van der Waals surface area contributed by atoms with Gasteiger partial charge in [0.1, 0.15) is 5.82 Å². The maximum Gasteiger partial charge on any atom is 0.337 e. The molecule has 10 heteroatoms. The number of anilines is 3. The maximum absolute atomic E-state index is 11.4. The number of hydrogen-bond acceptors (Lipinski definition) is 8. The van der Waals surface area contributed by atoms with Crippen molar-refractivity contribution in [1.29, 1.82) is 5.26 Å². The quantitative estimate of drug-likeness (QED) is 0.619. The van der Waals surface area contributed by atoms with Crippen molar-refractivity contribution in [3.8, 4) is 17.2 Å². The van der Waals surface area contributed by atoms with Crippen LogP contribution >= 0.6 is 11.6 Å². The summed E-state index contributed by atoms with van der Waals surface area (Å²) in [4.78, 5) is 26.5. The fourth-order valence-corrected chi connectivity index (χ4v) is 3.45. The number of ether oxygens (including phenoxy) is 1. The van der Waals surface area contributed by atoms with Gasteiger partial charge in [-0.05, 0) is 24.3 Å². The Bertz CT molecular complexity index is 1170. The molecule has 1 aromatic carbocycles. The van der Waals surface area contributed by atoms with Crippen LogP contribution in [0.5, 0.6) is 0 Å². The van der Waals surface area contributed by atoms with Crippen molar-refractivity contribution in [3.63, 3.8) is 0 Å². The number of aromatic nitrogens is 3. The molecule has 0 saturated carbocycles. The third-order valence-electron chi connectivity index (χ3n) is 4.66. The Balaban J connectivity index is 1.75. The second-order valence-corrected chi connectivity index (χ2v) is 7.20. The molecule has 0 amide bonds. The number of benzene rings is 1. The molecule has 4 rings (SSSR count). The van der Waals surface area contributed by atoms with Crippen molar-refractivity contribution >= 4 is 35.0 Å². The van der Waals surface area contributed by atoms with Crippen LogP contribution in [0.2, 0.25) is 5.02 Å². The molecule has 1 aliphatic rings. The van der Waals surface area contributed by atoms with Crippen molar-refractivity contribution < 1.29 is 14.6 Å². The first-order valence-electron chi connectivity index (χ1n) is 9.39. The minimum Gasteiger partial charge on any atom is -0.478 e. The van der Waals surface area contributed by atoms with Gasteiger partial charge in [0.25, 0.3) is 0 Å². The molecule has 0 bridgehead atoms. The average molecular weight is 437 g/mol. The third-order valence-corrected chi connectivity index (χ3v) is 4.88. The zero-order valence-corrected chi connectivity index (χ0v) is 17.0. The van der Waals surface area contributed by atoms with Gasteiger partial charge < -0.3 is 20.1 Å². The zero-order chi connectivity index (χ0) is 21.8. The first-order valence-corrected chi connectivity index (χ1v) is 9.77. The summed E-state index contributed by atoms with van der Waals surface area (Å²) in [7, 11) is 0. The van der Waals surface area contributed by atoms with Gasteiger partial charge in [-0.1, -0.05) is 11.6 Å². The summed E-state index contributed by atoms with van der Waals surface area (Å²) in [6, 6.07) is 8.50. The number of morpholine rings is 1. The Morgan fingerprint density at radius 3 is 2.74 bits per heavy atom. The minimum absolute atomic E-state index is 0.0792. The van der Waals surface area contributed by atoms with Crippen LogP contribution in [0.1, 0.15) is 15.9 Å². The van der Waals surface area contributed by atoms with Crippen molar-refractivity contribution in [3.05, 3.63) is 59.0 Å². The Morgan fingerprint density at radius 2 is 2.00 bits per heavy atom. The van der Waals surface area contributed by atoms with E-state index in [-0.39, 0.29) is 5.56 Å². The Labute approximate surface area is 182 Å². The first-order chi connectivity index (χ1) is 15.0. The lowest BCUT2D eigenvalue weighted by Gasteiger charge is -2.29. The smallest absolute Gasteiger partial charge is 0.337 e. The van der Waals surface area contributed by atoms with E-state index >= 15 is 0 Å². The van der Waals surface area contributed by atoms with Crippen LogP contribution in [0, 0.1) is 11.3 Å². The van der Waals surface area contributed by atoms with Gasteiger partial charge in [-0.3, -0.25) is 4.98 Å². The number of rotatable bonds is 5. The van der Waals surface area contributed by atoms with E-state index in [1.807, 2.05) is 0 Å². The molecule has 9 nitrogen and oxygen atoms in total. The molecule has 0 atom stereocenters. The van der Waals surface area contributed by atoms with E-state index in [9.17, 15) is 9.90 Å². The Hall–Kier alpha value is -3.74. The van der Waals surface area contributed by atoms with Gasteiger partial charge in [0.05, 0.1) is 30.4 Å². The summed E-state index contributed by atoms with van der Waals surface area (Å²) < 4.78 is 5.45. The predicted octanol–water partition coefficient (Wildman–Crippen LogP) is 3.34. The normalized spacial score (nSPS) is 13.5. The van der Waals surface area contributed by atoms with Crippen LogP contribution < -0.4 is 10.2 Å². The summed E-state index contributed by atoms with van der Waals surface area (Å²) in [5.74, 6) is -0.109. The Morgan fingerprint density at radius 1 is 1.19 bits per heavy atom. The van der Waals surface area contributed by atoms with E-state index < -0.39 is 5.97 Å². The Kier molecular flexibility index (Phi) is 5.93. The summed E-state index contributed by atoms with van der Waals surface area (Å²) in [6.45, 7) is 2.37. The third kappa shape index (κ3) is 4.71. The van der Waals surface area contributed by atoms with Gasteiger partial charge in [0.2, 0.25) is 5.95 Å². The topological polar surface area (TPSA) is 124 Å². The number of carboxylic acid groups (broad SMARTS) is 1. The average Bonchev–Trinajstić information content (AvgIpc) is 2.79. The number of halogens is 1. The fourth-order valence-electron chi connectivity index (χ4n) is 3.21. The van der Waals surface area contributed by atoms with Gasteiger partial charge >= 0.3 is 5.97 Å². The van der Waals surface area contributed by atoms with Crippen LogP contribution in [-0.2, 0) is 4.74 Å². The number of carboxylic acids is 1. The van der Waals surface area contributed by atoms with Crippen molar-refractivity contribution in [2.45, 2.75) is 0 Å². The standard InChI is InChI=1S/C21H17ClN6O3/c22-16-5-13(9-23)6-17(8-16)26-21-25-12-18(14-7-15(20(29)30)11-24-10-14)19(27-21)28-1-3-31-4-2-28/h5-8,10-12H,1-4H2,(H,29,30)(H,25,26,27). The molecule has 0 radical (unpaired) electrons. The largest absolute Gasteiger partial charge is 0.478 e. The van der Waals surface area contributed by atoms with Gasteiger partial charge in [-0.25, -0.2) is 9.78 Å². The fraction of sp³-hybridized carbons (Fsp3) is 0.190. The maximum atomic E-state index is 11.4. The molecular formula is C21H17ClN6O3. The van der Waals surface area contributed by atoms with Crippen molar-refractivity contribution in [2.24, 2.45) is 0 Å². The highest BCUT2D eigenvalue weighted by atomic mass is 35.5. The molecule has 0 spiro atoms. The van der Waals surface area contributed by atoms with Gasteiger partial charge in [-0.2, -0.15) is 10.2 Å². The summed E-state index contributed by atoms with van der Waals surface area (Å²) >= 11 is 6.08. The second kappa shape index (κ2) is 8.95. The van der Waals surface area contributed by atoms with E-state index in [0.29, 0.717) is 65.5 Å². The van der Waals surface area contributed by atoms with E-state index in [1.165, 1.54) is 6.20 Å². The predicted molar refractivity (Wildman–Crippen MR) is 115 cm³/mol. The highest BCUT2D eigenvalue weighted by molar-refractivity contribution is 6.31. The highest BCUT2D eigenvalue weighted by Crippen LogP contribution is 2.31. The van der Waals surface area contributed by atoms with Crippen LogP contribution in [0.3, 0.4) is 0 Å². The molecule has 0 unspecified atom stereocenters. The van der Waals surface area contributed by atoms with Crippen molar-refractivity contribution in [1.82, 2.24) is 15.0 Å². The molecule has 1 aliphatic heterocycles. The highest BCUT2D eigenvalue weighted by Gasteiger charge is 2.20. The van der Waals surface area contributed by atoms with Crippen LogP contribution in [0.25, 0.3) is 11.1 Å². The lowest BCUT2D eigenvalue weighted by Crippen LogP contribution is -2.37. The monoisotopic (exact) mass is 436 g/mol. The van der Waals surface area contributed by atoms with E-state index in [1.54, 1.807) is 36.7 Å². The van der Waals surface area contributed by atoms with Crippen molar-refractivity contribution in [2.75, 3.05) is 36.5 Å². The minimum atomic E-state index is -1.06. The molecule has 3 heterocycles. The number of nitrogens with zero attached hydrogens (tertiary/aromatic N) is 5. The molecular weight excluding hydrogens is 420 g/mol. The molecule has 0 aliphatic carbocycles. The number of hydrogen-bond donors (Lipinski definition) is 2. The lowest BCUT2D eigenvalue weighted by molar-refractivity contribution is 0.0696. The SMILES string of the molecule is N#Cc1cc(Cl)cc(Nc2ncc(-c3cncc(C(=O)O)c3)c(N3CCOCC3)n2)c1. The molecule has 3 aromatic rings. The molecule has 1 saturated heterocycles. The second-order valence-electron chi connectivity index (χ2n) is 6.76. The zero-order valence-electron chi connectivity index (χ0n) is 16.2. The number of carbonyl (C=O) groups is 1. The molecule has 31 heavy (non-hydrogen) atoms. The summed E-state index contributed by atoms with van der Waals surface area (Å²) in [6.07, 6.45) is 4.50. The van der Waals surface area contributed by atoms with Gasteiger partial charge in [-0.15, -0.1) is 0 Å². The molecule has 156 valence electrons. The summed E-state index contributed by atoms with van der Waals surface area (Å²) in [5.41, 5.74) is 2.33. The van der Waals surface area contributed by atoms with Crippen LogP contribution in [-0.4, -0.2) is 52.3 Å². The van der Waals surface area contributed by atoms with E-state index in [4.69, 9.17) is 21.6 Å². The number of aromatic carboxylic acids is 1. The number of nitriles is 1. The summed E-state index contributed by atoms with van der Waals surface area (Å²) in [5, 5.41) is 22.0. The van der Waals surface area contributed by atoms with E-state index in [0.717, 1.165) is 0 Å². The number of pyridine rings is 1. The first kappa shape index (κ1) is 20.5. The lowest BCUT2D eigenvalue weighted by atomic mass is 10.1. The van der Waals surface area contributed by atoms with E-state index in [2.05, 4.69) is 31.2 Å². The van der Waals surface area contributed by atoms with Gasteiger partial charge in [0, 0.05) is 53.5 Å². The van der Waals surface area contributed by atoms with Gasteiger partial charge in [0.15, 0.2) is 0 Å². The molecule has 2 aromatic heterocycles. The molecule has 1 fully saturated rings. The number of nitrogens with one attached hydrogen (secondary N) is 1. The van der Waals surface area contributed by atoms with Crippen LogP contribution in [0.15, 0.2) is 42.9 Å². The van der Waals surface area contributed by atoms with Crippen LogP contribution in [0.4, 0.5) is 17.5 Å².